The lowest BCUT2D eigenvalue weighted by atomic mass is 9.96. The van der Waals surface area contributed by atoms with Gasteiger partial charge < -0.3 is 10.1 Å². The Bertz CT molecular complexity index is 597. The van der Waals surface area contributed by atoms with E-state index in [4.69, 9.17) is 4.74 Å². The standard InChI is InChI=1S/C16H22N2O4S/c1-3-10(2)17-16(21)18-14(19)8-22-15(20)12-9-23-13-7-5-4-6-11(12)13/h9-10H,3-8H2,1-2H3,(H2,17,18,19,21)/t10-/m0/s1. The molecule has 126 valence electrons. The normalized spacial score (nSPS) is 14.5. The van der Waals surface area contributed by atoms with Crippen LogP contribution in [0.3, 0.4) is 0 Å². The maximum Gasteiger partial charge on any atom is 0.339 e. The Morgan fingerprint density at radius 2 is 2.04 bits per heavy atom. The number of thiophene rings is 1. The number of amides is 3. The number of urea groups is 1. The fraction of sp³-hybridized carbons (Fsp3) is 0.562. The van der Waals surface area contributed by atoms with Gasteiger partial charge in [0.05, 0.1) is 5.56 Å². The molecule has 2 rings (SSSR count). The van der Waals surface area contributed by atoms with Gasteiger partial charge in [-0.2, -0.15) is 0 Å². The highest BCUT2D eigenvalue weighted by molar-refractivity contribution is 7.10. The Morgan fingerprint density at radius 1 is 1.30 bits per heavy atom. The molecule has 1 aliphatic carbocycles. The molecule has 1 atom stereocenters. The molecule has 0 aliphatic heterocycles. The summed E-state index contributed by atoms with van der Waals surface area (Å²) < 4.78 is 5.02. The fourth-order valence-electron chi connectivity index (χ4n) is 2.40. The number of carbonyl (C=O) groups excluding carboxylic acids is 3. The average molecular weight is 338 g/mol. The van der Waals surface area contributed by atoms with E-state index in [1.807, 2.05) is 13.8 Å². The maximum atomic E-state index is 12.1. The maximum absolute atomic E-state index is 12.1. The summed E-state index contributed by atoms with van der Waals surface area (Å²) in [5.74, 6) is -1.13. The van der Waals surface area contributed by atoms with Crippen molar-refractivity contribution in [1.82, 2.24) is 10.6 Å². The third-order valence-corrected chi connectivity index (χ3v) is 4.95. The summed E-state index contributed by atoms with van der Waals surface area (Å²) in [4.78, 5) is 36.5. The lowest BCUT2D eigenvalue weighted by molar-refractivity contribution is -0.123. The number of imide groups is 1. The van der Waals surface area contributed by atoms with Gasteiger partial charge in [-0.25, -0.2) is 9.59 Å². The van der Waals surface area contributed by atoms with Gasteiger partial charge in [0.2, 0.25) is 0 Å². The van der Waals surface area contributed by atoms with Crippen LogP contribution < -0.4 is 10.6 Å². The van der Waals surface area contributed by atoms with Crippen molar-refractivity contribution in [2.24, 2.45) is 0 Å². The summed E-state index contributed by atoms with van der Waals surface area (Å²) in [5, 5.41) is 6.55. The molecule has 1 aromatic heterocycles. The zero-order valence-corrected chi connectivity index (χ0v) is 14.3. The Morgan fingerprint density at radius 3 is 2.78 bits per heavy atom. The zero-order chi connectivity index (χ0) is 16.8. The van der Waals surface area contributed by atoms with Crippen molar-refractivity contribution < 1.29 is 19.1 Å². The monoisotopic (exact) mass is 338 g/mol. The molecule has 23 heavy (non-hydrogen) atoms. The van der Waals surface area contributed by atoms with E-state index in [1.54, 1.807) is 16.7 Å². The second kappa shape index (κ2) is 8.10. The number of hydrogen-bond donors (Lipinski definition) is 2. The molecule has 0 fully saturated rings. The van der Waals surface area contributed by atoms with Crippen molar-refractivity contribution in [2.45, 2.75) is 52.0 Å². The van der Waals surface area contributed by atoms with Crippen LogP contribution in [-0.4, -0.2) is 30.6 Å². The number of nitrogens with one attached hydrogen (secondary N) is 2. The second-order valence-corrected chi connectivity index (χ2v) is 6.63. The van der Waals surface area contributed by atoms with Crippen LogP contribution >= 0.6 is 11.3 Å². The van der Waals surface area contributed by atoms with Crippen molar-refractivity contribution >= 4 is 29.2 Å². The highest BCUT2D eigenvalue weighted by Gasteiger charge is 2.22. The van der Waals surface area contributed by atoms with Crippen LogP contribution in [0.5, 0.6) is 0 Å². The molecule has 1 heterocycles. The van der Waals surface area contributed by atoms with Crippen LogP contribution in [0.2, 0.25) is 0 Å². The van der Waals surface area contributed by atoms with E-state index in [-0.39, 0.29) is 6.04 Å². The van der Waals surface area contributed by atoms with Gasteiger partial charge in [-0.05, 0) is 44.6 Å². The van der Waals surface area contributed by atoms with Crippen LogP contribution in [0.15, 0.2) is 5.38 Å². The number of rotatable bonds is 5. The fourth-order valence-corrected chi connectivity index (χ4v) is 3.51. The highest BCUT2D eigenvalue weighted by atomic mass is 32.1. The van der Waals surface area contributed by atoms with Gasteiger partial charge in [-0.3, -0.25) is 10.1 Å². The molecule has 1 aliphatic rings. The summed E-state index contributed by atoms with van der Waals surface area (Å²) in [7, 11) is 0. The first-order valence-electron chi connectivity index (χ1n) is 7.88. The Kier molecular flexibility index (Phi) is 6.15. The van der Waals surface area contributed by atoms with E-state index < -0.39 is 24.5 Å². The highest BCUT2D eigenvalue weighted by Crippen LogP contribution is 2.30. The van der Waals surface area contributed by atoms with Gasteiger partial charge in [0.15, 0.2) is 6.61 Å². The van der Waals surface area contributed by atoms with Crippen LogP contribution in [0, 0.1) is 0 Å². The third-order valence-electron chi connectivity index (χ3n) is 3.86. The van der Waals surface area contributed by atoms with Crippen LogP contribution in [0.1, 0.15) is 53.9 Å². The van der Waals surface area contributed by atoms with Gasteiger partial charge in [0.1, 0.15) is 0 Å². The van der Waals surface area contributed by atoms with E-state index in [0.717, 1.165) is 37.7 Å². The quantitative estimate of drug-likeness (QED) is 0.808. The number of aryl methyl sites for hydroxylation is 1. The smallest absolute Gasteiger partial charge is 0.339 e. The summed E-state index contributed by atoms with van der Waals surface area (Å²) in [5.41, 5.74) is 1.61. The minimum atomic E-state index is -0.636. The molecule has 6 nitrogen and oxygen atoms in total. The lowest BCUT2D eigenvalue weighted by Crippen LogP contribution is -2.44. The second-order valence-electron chi connectivity index (χ2n) is 5.67. The summed E-state index contributed by atoms with van der Waals surface area (Å²) in [6, 6.07) is -0.601. The van der Waals surface area contributed by atoms with Crippen molar-refractivity contribution in [3.8, 4) is 0 Å². The molecular weight excluding hydrogens is 316 g/mol. The molecule has 0 saturated carbocycles. The molecule has 0 bridgehead atoms. The van der Waals surface area contributed by atoms with E-state index in [1.165, 1.54) is 4.88 Å². The summed E-state index contributed by atoms with van der Waals surface area (Å²) in [6.07, 6.45) is 4.87. The molecule has 0 saturated heterocycles. The first-order valence-corrected chi connectivity index (χ1v) is 8.76. The Balaban J connectivity index is 1.81. The molecular formula is C16H22N2O4S. The van der Waals surface area contributed by atoms with Gasteiger partial charge in [0, 0.05) is 16.3 Å². The molecule has 7 heteroatoms. The molecule has 0 unspecified atom stereocenters. The Labute approximate surface area is 139 Å². The number of ether oxygens (including phenoxy) is 1. The largest absolute Gasteiger partial charge is 0.452 e. The van der Waals surface area contributed by atoms with E-state index in [9.17, 15) is 14.4 Å². The third kappa shape index (κ3) is 4.79. The number of esters is 1. The summed E-state index contributed by atoms with van der Waals surface area (Å²) >= 11 is 1.57. The predicted molar refractivity (Wildman–Crippen MR) is 87.7 cm³/mol. The van der Waals surface area contributed by atoms with E-state index in [0.29, 0.717) is 5.56 Å². The number of carbonyl (C=O) groups is 3. The zero-order valence-electron chi connectivity index (χ0n) is 13.4. The van der Waals surface area contributed by atoms with Crippen molar-refractivity contribution in [1.29, 1.82) is 0 Å². The van der Waals surface area contributed by atoms with Gasteiger partial charge >= 0.3 is 12.0 Å². The van der Waals surface area contributed by atoms with Crippen molar-refractivity contribution in [3.63, 3.8) is 0 Å². The molecule has 2 N–H and O–H groups in total. The van der Waals surface area contributed by atoms with Gasteiger partial charge in [-0.1, -0.05) is 6.92 Å². The molecule has 0 aromatic carbocycles. The summed E-state index contributed by atoms with van der Waals surface area (Å²) in [6.45, 7) is 3.30. The Hall–Kier alpha value is -1.89. The average Bonchev–Trinajstić information content (AvgIpc) is 2.96. The van der Waals surface area contributed by atoms with Crippen LogP contribution in [0.4, 0.5) is 4.79 Å². The van der Waals surface area contributed by atoms with Crippen molar-refractivity contribution in [3.05, 3.63) is 21.4 Å². The molecule has 3 amide bonds. The topological polar surface area (TPSA) is 84.5 Å². The molecule has 0 spiro atoms. The van der Waals surface area contributed by atoms with Gasteiger partial charge in [0.25, 0.3) is 5.91 Å². The van der Waals surface area contributed by atoms with E-state index in [2.05, 4.69) is 10.6 Å². The predicted octanol–water partition coefficient (Wildman–Crippen LogP) is 2.41. The SMILES string of the molecule is CC[C@H](C)NC(=O)NC(=O)COC(=O)c1csc2c1CCCC2. The van der Waals surface area contributed by atoms with Crippen LogP contribution in [-0.2, 0) is 22.4 Å². The molecule has 0 radical (unpaired) electrons. The molecule has 1 aromatic rings. The van der Waals surface area contributed by atoms with Gasteiger partial charge in [-0.15, -0.1) is 11.3 Å². The number of fused-ring (bicyclic) bond motifs is 1. The minimum absolute atomic E-state index is 0.0253. The minimum Gasteiger partial charge on any atom is -0.452 e. The number of hydrogen-bond acceptors (Lipinski definition) is 5. The van der Waals surface area contributed by atoms with Crippen LogP contribution in [0.25, 0.3) is 0 Å². The first kappa shape index (κ1) is 17.5. The lowest BCUT2D eigenvalue weighted by Gasteiger charge is -2.13. The van der Waals surface area contributed by atoms with E-state index >= 15 is 0 Å². The first-order chi connectivity index (χ1) is 11.0. The van der Waals surface area contributed by atoms with Crippen molar-refractivity contribution in [2.75, 3.05) is 6.61 Å².